The van der Waals surface area contributed by atoms with Crippen LogP contribution >= 0.6 is 11.8 Å². The highest BCUT2D eigenvalue weighted by Crippen LogP contribution is 2.36. The van der Waals surface area contributed by atoms with E-state index >= 15 is 0 Å². The van der Waals surface area contributed by atoms with E-state index in [4.69, 9.17) is 0 Å². The molecule has 2 heterocycles. The van der Waals surface area contributed by atoms with Crippen molar-refractivity contribution in [2.24, 2.45) is 11.8 Å². The molecule has 0 bridgehead atoms. The monoisotopic (exact) mass is 400 g/mol. The van der Waals surface area contributed by atoms with Crippen LogP contribution in [-0.4, -0.2) is 44.4 Å². The lowest BCUT2D eigenvalue weighted by molar-refractivity contribution is -0.131. The molecule has 2 aromatic rings. The van der Waals surface area contributed by atoms with Gasteiger partial charge in [0.15, 0.2) is 5.16 Å². The van der Waals surface area contributed by atoms with E-state index in [2.05, 4.69) is 22.3 Å². The summed E-state index contributed by atoms with van der Waals surface area (Å²) < 4.78 is 1.64. The summed E-state index contributed by atoms with van der Waals surface area (Å²) in [7, 11) is 0. The molecular weight excluding hydrogens is 372 g/mol. The lowest BCUT2D eigenvalue weighted by Crippen LogP contribution is -2.45. The fourth-order valence-electron chi connectivity index (χ4n) is 4.54. The number of thioether (sulfide) groups is 1. The number of aromatic amines is 1. The summed E-state index contributed by atoms with van der Waals surface area (Å²) in [4.78, 5) is 26.9. The fourth-order valence-corrected chi connectivity index (χ4v) is 5.42. The first-order chi connectivity index (χ1) is 13.7. The van der Waals surface area contributed by atoms with E-state index in [9.17, 15) is 9.59 Å². The first-order valence-electron chi connectivity index (χ1n) is 10.3. The molecule has 0 unspecified atom stereocenters. The predicted octanol–water partition coefficient (Wildman–Crippen LogP) is 2.94. The Balaban J connectivity index is 1.32. The zero-order valence-electron chi connectivity index (χ0n) is 16.2. The van der Waals surface area contributed by atoms with Crippen molar-refractivity contribution in [3.63, 3.8) is 0 Å². The highest BCUT2D eigenvalue weighted by molar-refractivity contribution is 7.99. The molecule has 150 valence electrons. The molecule has 0 spiro atoms. The molecule has 0 radical (unpaired) electrons. The van der Waals surface area contributed by atoms with Crippen LogP contribution in [0, 0.1) is 11.8 Å². The third-order valence-electron chi connectivity index (χ3n) is 6.16. The van der Waals surface area contributed by atoms with Crippen LogP contribution in [-0.2, 0) is 17.8 Å². The molecule has 2 aliphatic rings. The minimum Gasteiger partial charge on any atom is -0.342 e. The minimum absolute atomic E-state index is 0.166. The third-order valence-corrected chi connectivity index (χ3v) is 7.12. The van der Waals surface area contributed by atoms with Gasteiger partial charge in [-0.05, 0) is 36.7 Å². The van der Waals surface area contributed by atoms with Crippen LogP contribution in [0.4, 0.5) is 0 Å². The number of carbonyl (C=O) groups excluding carboxylic acids is 1. The van der Waals surface area contributed by atoms with Crippen molar-refractivity contribution < 1.29 is 4.79 Å². The fraction of sp³-hybridized carbons (Fsp3) is 0.571. The zero-order chi connectivity index (χ0) is 19.3. The summed E-state index contributed by atoms with van der Waals surface area (Å²) in [6.07, 6.45) is 7.16. The van der Waals surface area contributed by atoms with Gasteiger partial charge in [0, 0.05) is 19.6 Å². The van der Waals surface area contributed by atoms with Gasteiger partial charge in [0.2, 0.25) is 5.91 Å². The number of nitrogens with one attached hydrogen (secondary N) is 1. The van der Waals surface area contributed by atoms with Crippen molar-refractivity contribution in [2.75, 3.05) is 18.8 Å². The van der Waals surface area contributed by atoms with Gasteiger partial charge in [0.1, 0.15) is 0 Å². The van der Waals surface area contributed by atoms with E-state index in [1.165, 1.54) is 43.0 Å². The Bertz CT molecular complexity index is 848. The second-order valence-electron chi connectivity index (χ2n) is 7.92. The van der Waals surface area contributed by atoms with Gasteiger partial charge in [0.25, 0.3) is 0 Å². The Morgan fingerprint density at radius 1 is 1.14 bits per heavy atom. The van der Waals surface area contributed by atoms with Crippen molar-refractivity contribution >= 4 is 17.7 Å². The number of hydrogen-bond donors (Lipinski definition) is 1. The molecule has 2 atom stereocenters. The predicted molar refractivity (Wildman–Crippen MR) is 110 cm³/mol. The van der Waals surface area contributed by atoms with Crippen LogP contribution in [0.15, 0.2) is 40.3 Å². The maximum absolute atomic E-state index is 12.7. The number of fused-ring (bicyclic) bond motifs is 1. The first kappa shape index (κ1) is 19.3. The van der Waals surface area contributed by atoms with Crippen molar-refractivity contribution in [2.45, 2.75) is 50.2 Å². The number of carbonyl (C=O) groups is 1. The Morgan fingerprint density at radius 2 is 1.93 bits per heavy atom. The van der Waals surface area contributed by atoms with Crippen molar-refractivity contribution in [3.05, 3.63) is 46.4 Å². The van der Waals surface area contributed by atoms with E-state index in [-0.39, 0.29) is 11.6 Å². The number of amides is 1. The van der Waals surface area contributed by atoms with Crippen LogP contribution in [0.1, 0.15) is 37.7 Å². The summed E-state index contributed by atoms with van der Waals surface area (Å²) >= 11 is 1.36. The summed E-state index contributed by atoms with van der Waals surface area (Å²) in [5.41, 5.74) is 0.965. The standard InChI is InChI=1S/C21H28N4O2S/c26-19(24-12-11-17-8-4-5-9-18(17)14-24)15-28-21-23-22-20(27)25(21)13-10-16-6-2-1-3-7-16/h1-3,6-7,17-18H,4-5,8-15H2,(H,22,27)/t17-,18-/m0/s1. The lowest BCUT2D eigenvalue weighted by Gasteiger charge is -2.41. The Kier molecular flexibility index (Phi) is 6.20. The largest absolute Gasteiger partial charge is 0.343 e. The Hall–Kier alpha value is -2.02. The van der Waals surface area contributed by atoms with Crippen LogP contribution in [0.5, 0.6) is 0 Å². The molecule has 1 saturated heterocycles. The molecule has 2 fully saturated rings. The molecule has 1 amide bonds. The third kappa shape index (κ3) is 4.51. The molecule has 1 aromatic carbocycles. The van der Waals surface area contributed by atoms with E-state index in [1.807, 2.05) is 23.1 Å². The van der Waals surface area contributed by atoms with Gasteiger partial charge in [-0.25, -0.2) is 9.89 Å². The van der Waals surface area contributed by atoms with Gasteiger partial charge < -0.3 is 4.90 Å². The average Bonchev–Trinajstić information content (AvgIpc) is 3.10. The quantitative estimate of drug-likeness (QED) is 0.757. The van der Waals surface area contributed by atoms with Crippen molar-refractivity contribution in [3.8, 4) is 0 Å². The highest BCUT2D eigenvalue weighted by atomic mass is 32.2. The molecule has 6 nitrogen and oxygen atoms in total. The SMILES string of the molecule is O=C(CSc1n[nH]c(=O)n1CCc1ccccc1)N1CC[C@@H]2CCCC[C@H]2C1. The van der Waals surface area contributed by atoms with E-state index in [0.29, 0.717) is 23.4 Å². The van der Waals surface area contributed by atoms with E-state index in [1.54, 1.807) is 4.57 Å². The number of aromatic nitrogens is 3. The second kappa shape index (κ2) is 8.99. The molecule has 1 saturated carbocycles. The first-order valence-corrected chi connectivity index (χ1v) is 11.3. The van der Waals surface area contributed by atoms with Gasteiger partial charge in [-0.2, -0.15) is 0 Å². The van der Waals surface area contributed by atoms with Gasteiger partial charge in [-0.3, -0.25) is 9.36 Å². The molecule has 28 heavy (non-hydrogen) atoms. The topological polar surface area (TPSA) is 71.0 Å². The maximum Gasteiger partial charge on any atom is 0.343 e. The molecule has 1 aliphatic carbocycles. The molecular formula is C21H28N4O2S. The van der Waals surface area contributed by atoms with Gasteiger partial charge >= 0.3 is 5.69 Å². The number of aryl methyl sites for hydroxylation is 1. The summed E-state index contributed by atoms with van der Waals surface area (Å²) in [5.74, 6) is 2.01. The Morgan fingerprint density at radius 3 is 2.75 bits per heavy atom. The normalized spacial score (nSPS) is 22.1. The number of H-pyrrole nitrogens is 1. The van der Waals surface area contributed by atoms with Crippen LogP contribution in [0.25, 0.3) is 0 Å². The van der Waals surface area contributed by atoms with Gasteiger partial charge in [-0.1, -0.05) is 61.4 Å². The van der Waals surface area contributed by atoms with Gasteiger partial charge in [-0.15, -0.1) is 5.10 Å². The molecule has 7 heteroatoms. The Labute approximate surface area is 169 Å². The molecule has 1 aromatic heterocycles. The summed E-state index contributed by atoms with van der Waals surface area (Å²) in [6, 6.07) is 10.1. The van der Waals surface area contributed by atoms with Gasteiger partial charge in [0.05, 0.1) is 5.75 Å². The maximum atomic E-state index is 12.7. The number of benzene rings is 1. The summed E-state index contributed by atoms with van der Waals surface area (Å²) in [6.45, 7) is 2.34. The molecule has 1 N–H and O–H groups in total. The number of rotatable bonds is 6. The molecule has 4 rings (SSSR count). The summed E-state index contributed by atoms with van der Waals surface area (Å²) in [5, 5.41) is 7.25. The molecule has 1 aliphatic heterocycles. The number of hydrogen-bond acceptors (Lipinski definition) is 4. The number of piperidine rings is 1. The van der Waals surface area contributed by atoms with Crippen LogP contribution in [0.3, 0.4) is 0 Å². The van der Waals surface area contributed by atoms with Crippen LogP contribution in [0.2, 0.25) is 0 Å². The van der Waals surface area contributed by atoms with Crippen molar-refractivity contribution in [1.82, 2.24) is 19.7 Å². The van der Waals surface area contributed by atoms with E-state index in [0.717, 1.165) is 31.8 Å². The zero-order valence-corrected chi connectivity index (χ0v) is 17.0. The minimum atomic E-state index is -0.214. The number of nitrogens with zero attached hydrogens (tertiary/aromatic N) is 3. The number of likely N-dealkylation sites (tertiary alicyclic amines) is 1. The van der Waals surface area contributed by atoms with E-state index < -0.39 is 0 Å². The van der Waals surface area contributed by atoms with Crippen molar-refractivity contribution in [1.29, 1.82) is 0 Å². The second-order valence-corrected chi connectivity index (χ2v) is 8.86. The van der Waals surface area contributed by atoms with Crippen LogP contribution < -0.4 is 5.69 Å². The highest BCUT2D eigenvalue weighted by Gasteiger charge is 2.32. The average molecular weight is 401 g/mol. The smallest absolute Gasteiger partial charge is 0.342 e. The lowest BCUT2D eigenvalue weighted by atomic mass is 9.75.